The molecule has 0 radical (unpaired) electrons. The van der Waals surface area contributed by atoms with Gasteiger partial charge >= 0.3 is 5.97 Å². The van der Waals surface area contributed by atoms with Crippen LogP contribution in [0.15, 0.2) is 5.38 Å². The molecule has 0 bridgehead atoms. The van der Waals surface area contributed by atoms with Gasteiger partial charge in [-0.1, -0.05) is 6.92 Å². The first-order chi connectivity index (χ1) is 5.70. The van der Waals surface area contributed by atoms with Gasteiger partial charge in [0.25, 0.3) is 0 Å². The molecule has 4 heteroatoms. The van der Waals surface area contributed by atoms with E-state index in [-0.39, 0.29) is 5.97 Å². The summed E-state index contributed by atoms with van der Waals surface area (Å²) in [7, 11) is 1.35. The molecule has 0 amide bonds. The van der Waals surface area contributed by atoms with Crippen molar-refractivity contribution in [3.63, 3.8) is 0 Å². The average Bonchev–Trinajstić information content (AvgIpc) is 2.45. The van der Waals surface area contributed by atoms with Crippen LogP contribution in [0.25, 0.3) is 0 Å². The van der Waals surface area contributed by atoms with E-state index in [1.807, 2.05) is 12.3 Å². The molecule has 0 unspecified atom stereocenters. The summed E-state index contributed by atoms with van der Waals surface area (Å²) in [5.41, 5.74) is 7.28. The Hall–Kier alpha value is -1.03. The van der Waals surface area contributed by atoms with Crippen LogP contribution in [0.2, 0.25) is 0 Å². The molecule has 0 spiro atoms. The number of carbonyl (C=O) groups excluding carboxylic acids is 1. The number of nitrogen functional groups attached to an aromatic ring is 1. The monoisotopic (exact) mass is 185 g/mol. The van der Waals surface area contributed by atoms with Crippen molar-refractivity contribution in [2.75, 3.05) is 12.8 Å². The molecule has 1 rings (SSSR count). The average molecular weight is 185 g/mol. The minimum atomic E-state index is -0.350. The second kappa shape index (κ2) is 3.58. The Balaban J connectivity index is 3.02. The molecule has 0 aliphatic carbocycles. The van der Waals surface area contributed by atoms with Crippen LogP contribution in [0.5, 0.6) is 0 Å². The van der Waals surface area contributed by atoms with Gasteiger partial charge in [-0.25, -0.2) is 4.79 Å². The van der Waals surface area contributed by atoms with Crippen molar-refractivity contribution in [3.05, 3.63) is 15.8 Å². The van der Waals surface area contributed by atoms with Crippen LogP contribution in [0.1, 0.15) is 22.2 Å². The number of carbonyl (C=O) groups is 1. The Morgan fingerprint density at radius 2 is 2.42 bits per heavy atom. The van der Waals surface area contributed by atoms with E-state index >= 15 is 0 Å². The molecule has 1 aromatic rings. The van der Waals surface area contributed by atoms with Crippen molar-refractivity contribution in [2.24, 2.45) is 0 Å². The third kappa shape index (κ3) is 1.43. The summed E-state index contributed by atoms with van der Waals surface area (Å²) in [4.78, 5) is 11.6. The van der Waals surface area contributed by atoms with Gasteiger partial charge in [0.1, 0.15) is 4.88 Å². The molecule has 1 heterocycles. The number of thiophene rings is 1. The van der Waals surface area contributed by atoms with Crippen LogP contribution in [-0.4, -0.2) is 13.1 Å². The highest BCUT2D eigenvalue weighted by atomic mass is 32.1. The predicted molar refractivity (Wildman–Crippen MR) is 49.4 cm³/mol. The summed E-state index contributed by atoms with van der Waals surface area (Å²) in [5.74, 6) is -0.350. The first-order valence-corrected chi connectivity index (χ1v) is 4.52. The number of hydrogen-bond acceptors (Lipinski definition) is 4. The van der Waals surface area contributed by atoms with Crippen molar-refractivity contribution in [3.8, 4) is 0 Å². The molecule has 0 atom stereocenters. The maximum Gasteiger partial charge on any atom is 0.350 e. The summed E-state index contributed by atoms with van der Waals surface area (Å²) < 4.78 is 4.57. The van der Waals surface area contributed by atoms with E-state index in [0.717, 1.165) is 12.0 Å². The number of anilines is 1. The van der Waals surface area contributed by atoms with E-state index in [4.69, 9.17) is 5.73 Å². The molecule has 3 nitrogen and oxygen atoms in total. The number of esters is 1. The van der Waals surface area contributed by atoms with Gasteiger partial charge in [-0.05, 0) is 17.4 Å². The number of rotatable bonds is 2. The molecular weight excluding hydrogens is 174 g/mol. The summed E-state index contributed by atoms with van der Waals surface area (Å²) >= 11 is 1.33. The maximum atomic E-state index is 11.1. The zero-order valence-electron chi connectivity index (χ0n) is 7.09. The Morgan fingerprint density at radius 3 is 2.83 bits per heavy atom. The molecule has 2 N–H and O–H groups in total. The fourth-order valence-electron chi connectivity index (χ4n) is 0.927. The van der Waals surface area contributed by atoms with Crippen LogP contribution in [0.3, 0.4) is 0 Å². The lowest BCUT2D eigenvalue weighted by Gasteiger charge is -1.97. The molecule has 12 heavy (non-hydrogen) atoms. The third-order valence-electron chi connectivity index (χ3n) is 1.66. The van der Waals surface area contributed by atoms with E-state index in [1.165, 1.54) is 18.4 Å². The lowest BCUT2D eigenvalue weighted by Crippen LogP contribution is -2.02. The third-order valence-corrected chi connectivity index (χ3v) is 2.69. The van der Waals surface area contributed by atoms with E-state index in [0.29, 0.717) is 10.6 Å². The number of methoxy groups -OCH3 is 1. The molecule has 0 saturated heterocycles. The molecule has 0 aromatic carbocycles. The van der Waals surface area contributed by atoms with Gasteiger partial charge < -0.3 is 10.5 Å². The van der Waals surface area contributed by atoms with E-state index in [2.05, 4.69) is 4.74 Å². The van der Waals surface area contributed by atoms with Gasteiger partial charge in [-0.2, -0.15) is 0 Å². The highest BCUT2D eigenvalue weighted by Crippen LogP contribution is 2.25. The molecular formula is C8H11NO2S. The second-order valence-corrected chi connectivity index (χ2v) is 3.23. The van der Waals surface area contributed by atoms with Crippen LogP contribution in [-0.2, 0) is 11.2 Å². The summed E-state index contributed by atoms with van der Waals surface area (Å²) in [5, 5.41) is 1.89. The van der Waals surface area contributed by atoms with Gasteiger partial charge in [0.15, 0.2) is 0 Å². The lowest BCUT2D eigenvalue weighted by atomic mass is 10.2. The smallest absolute Gasteiger partial charge is 0.350 e. The molecule has 0 fully saturated rings. The maximum absolute atomic E-state index is 11.1. The van der Waals surface area contributed by atoms with E-state index in [1.54, 1.807) is 0 Å². The normalized spacial score (nSPS) is 9.83. The minimum absolute atomic E-state index is 0.350. The SMILES string of the molecule is CCc1csc(C(=O)OC)c1N. The Labute approximate surface area is 75.1 Å². The highest BCUT2D eigenvalue weighted by Gasteiger charge is 2.14. The van der Waals surface area contributed by atoms with Gasteiger partial charge in [0.05, 0.1) is 12.8 Å². The van der Waals surface area contributed by atoms with Crippen LogP contribution < -0.4 is 5.73 Å². The standard InChI is InChI=1S/C8H11NO2S/c1-3-5-4-12-7(6(5)9)8(10)11-2/h4H,3,9H2,1-2H3. The van der Waals surface area contributed by atoms with Crippen LogP contribution in [0.4, 0.5) is 5.69 Å². The lowest BCUT2D eigenvalue weighted by molar-refractivity contribution is 0.0607. The van der Waals surface area contributed by atoms with E-state index < -0.39 is 0 Å². The molecule has 0 aliphatic heterocycles. The molecule has 0 aliphatic rings. The van der Waals surface area contributed by atoms with Crippen LogP contribution >= 0.6 is 11.3 Å². The molecule has 0 saturated carbocycles. The number of nitrogens with two attached hydrogens (primary N) is 1. The summed E-state index contributed by atoms with van der Waals surface area (Å²) in [6.45, 7) is 2.00. The van der Waals surface area contributed by atoms with Gasteiger partial charge in [-0.3, -0.25) is 0 Å². The van der Waals surface area contributed by atoms with Crippen LogP contribution in [0, 0.1) is 0 Å². The van der Waals surface area contributed by atoms with Crippen molar-refractivity contribution in [2.45, 2.75) is 13.3 Å². The topological polar surface area (TPSA) is 52.3 Å². The fraction of sp³-hybridized carbons (Fsp3) is 0.375. The van der Waals surface area contributed by atoms with Crippen molar-refractivity contribution in [1.29, 1.82) is 0 Å². The molecule has 1 aromatic heterocycles. The summed E-state index contributed by atoms with van der Waals surface area (Å²) in [6, 6.07) is 0. The van der Waals surface area contributed by atoms with Gasteiger partial charge in [-0.15, -0.1) is 11.3 Å². The summed E-state index contributed by atoms with van der Waals surface area (Å²) in [6.07, 6.45) is 0.847. The van der Waals surface area contributed by atoms with Crippen molar-refractivity contribution < 1.29 is 9.53 Å². The van der Waals surface area contributed by atoms with Crippen molar-refractivity contribution in [1.82, 2.24) is 0 Å². The second-order valence-electron chi connectivity index (χ2n) is 2.35. The number of ether oxygens (including phenoxy) is 1. The predicted octanol–water partition coefficient (Wildman–Crippen LogP) is 1.68. The first-order valence-electron chi connectivity index (χ1n) is 3.64. The quantitative estimate of drug-likeness (QED) is 0.713. The Bertz CT molecular complexity index is 293. The Kier molecular flexibility index (Phi) is 2.70. The minimum Gasteiger partial charge on any atom is -0.465 e. The zero-order valence-corrected chi connectivity index (χ0v) is 7.90. The Morgan fingerprint density at radius 1 is 1.75 bits per heavy atom. The van der Waals surface area contributed by atoms with E-state index in [9.17, 15) is 4.79 Å². The van der Waals surface area contributed by atoms with Crippen molar-refractivity contribution >= 4 is 23.0 Å². The van der Waals surface area contributed by atoms with Gasteiger partial charge in [0.2, 0.25) is 0 Å². The highest BCUT2D eigenvalue weighted by molar-refractivity contribution is 7.12. The number of hydrogen-bond donors (Lipinski definition) is 1. The first kappa shape index (κ1) is 9.06. The largest absolute Gasteiger partial charge is 0.465 e. The number of aryl methyl sites for hydroxylation is 1. The molecule has 66 valence electrons. The fourth-order valence-corrected chi connectivity index (χ4v) is 1.92. The zero-order chi connectivity index (χ0) is 9.14. The van der Waals surface area contributed by atoms with Gasteiger partial charge in [0, 0.05) is 0 Å².